The van der Waals surface area contributed by atoms with Crippen LogP contribution in [0.4, 0.5) is 0 Å². The summed E-state index contributed by atoms with van der Waals surface area (Å²) in [5.74, 6) is 1.84. The Morgan fingerprint density at radius 3 is 2.05 bits per heavy atom. The van der Waals surface area contributed by atoms with Gasteiger partial charge < -0.3 is 9.64 Å². The Hall–Kier alpha value is -1.77. The number of rotatable bonds is 7. The first kappa shape index (κ1) is 17.3. The average Bonchev–Trinajstić information content (AvgIpc) is 2.43. The molecule has 3 nitrogen and oxygen atoms in total. The van der Waals surface area contributed by atoms with E-state index in [2.05, 4.69) is 27.7 Å². The van der Waals surface area contributed by atoms with Crippen molar-refractivity contribution in [1.29, 1.82) is 0 Å². The van der Waals surface area contributed by atoms with Crippen LogP contribution >= 0.6 is 0 Å². The lowest BCUT2D eigenvalue weighted by Crippen LogP contribution is -2.35. The van der Waals surface area contributed by atoms with Crippen LogP contribution in [0.15, 0.2) is 30.3 Å². The highest BCUT2D eigenvalue weighted by Gasteiger charge is 2.13. The van der Waals surface area contributed by atoms with Crippen LogP contribution in [0.25, 0.3) is 6.08 Å². The first-order valence-corrected chi connectivity index (χ1v) is 7.53. The molecule has 0 heterocycles. The molecule has 0 aliphatic heterocycles. The standard InChI is InChI=1S/C18H27NO2/c1-14(2)12-19(13-15(3)4)18(20)11-8-16-6-9-17(21-5)10-7-16/h6-11,14-15H,12-13H2,1-5H3/b11-8+. The molecule has 3 heteroatoms. The van der Waals surface area contributed by atoms with Gasteiger partial charge in [0.2, 0.25) is 5.91 Å². The highest BCUT2D eigenvalue weighted by Crippen LogP contribution is 2.13. The summed E-state index contributed by atoms with van der Waals surface area (Å²) in [6, 6.07) is 7.67. The minimum atomic E-state index is 0.0771. The van der Waals surface area contributed by atoms with E-state index in [1.165, 1.54) is 0 Å². The van der Waals surface area contributed by atoms with Crippen LogP contribution < -0.4 is 4.74 Å². The summed E-state index contributed by atoms with van der Waals surface area (Å²) < 4.78 is 5.12. The minimum Gasteiger partial charge on any atom is -0.497 e. The molecule has 1 amide bonds. The Balaban J connectivity index is 2.71. The Bertz CT molecular complexity index is 451. The van der Waals surface area contributed by atoms with Gasteiger partial charge in [-0.1, -0.05) is 39.8 Å². The Morgan fingerprint density at radius 1 is 1.10 bits per heavy atom. The van der Waals surface area contributed by atoms with E-state index in [1.807, 2.05) is 35.2 Å². The molecule has 0 aromatic heterocycles. The molecule has 1 rings (SSSR count). The summed E-state index contributed by atoms with van der Waals surface area (Å²) in [6.07, 6.45) is 3.52. The van der Waals surface area contributed by atoms with Gasteiger partial charge in [-0.05, 0) is 35.6 Å². The minimum absolute atomic E-state index is 0.0771. The number of carbonyl (C=O) groups is 1. The van der Waals surface area contributed by atoms with Crippen molar-refractivity contribution in [1.82, 2.24) is 4.90 Å². The zero-order valence-electron chi connectivity index (χ0n) is 13.8. The van der Waals surface area contributed by atoms with Crippen molar-refractivity contribution in [2.75, 3.05) is 20.2 Å². The Labute approximate surface area is 128 Å². The molecule has 1 aromatic carbocycles. The molecular weight excluding hydrogens is 262 g/mol. The molecule has 0 N–H and O–H groups in total. The second-order valence-corrected chi connectivity index (χ2v) is 6.14. The van der Waals surface area contributed by atoms with Gasteiger partial charge in [-0.25, -0.2) is 0 Å². The zero-order valence-corrected chi connectivity index (χ0v) is 13.8. The largest absolute Gasteiger partial charge is 0.497 e. The first-order chi connectivity index (χ1) is 9.92. The number of methoxy groups -OCH3 is 1. The summed E-state index contributed by atoms with van der Waals surface area (Å²) in [4.78, 5) is 14.3. The molecule has 0 unspecified atom stereocenters. The maximum atomic E-state index is 12.3. The van der Waals surface area contributed by atoms with Gasteiger partial charge in [-0.3, -0.25) is 4.79 Å². The van der Waals surface area contributed by atoms with E-state index in [1.54, 1.807) is 13.2 Å². The number of benzene rings is 1. The number of hydrogen-bond donors (Lipinski definition) is 0. The lowest BCUT2D eigenvalue weighted by Gasteiger charge is -2.25. The lowest BCUT2D eigenvalue weighted by atomic mass is 10.1. The van der Waals surface area contributed by atoms with Crippen molar-refractivity contribution in [2.24, 2.45) is 11.8 Å². The topological polar surface area (TPSA) is 29.5 Å². The second-order valence-electron chi connectivity index (χ2n) is 6.14. The van der Waals surface area contributed by atoms with E-state index in [0.717, 1.165) is 24.4 Å². The molecule has 21 heavy (non-hydrogen) atoms. The van der Waals surface area contributed by atoms with Crippen molar-refractivity contribution >= 4 is 12.0 Å². The van der Waals surface area contributed by atoms with E-state index in [9.17, 15) is 4.79 Å². The van der Waals surface area contributed by atoms with Crippen LogP contribution in [0.2, 0.25) is 0 Å². The third-order valence-electron chi connectivity index (χ3n) is 3.02. The monoisotopic (exact) mass is 289 g/mol. The fourth-order valence-corrected chi connectivity index (χ4v) is 2.12. The summed E-state index contributed by atoms with van der Waals surface area (Å²) >= 11 is 0. The number of hydrogen-bond acceptors (Lipinski definition) is 2. The van der Waals surface area contributed by atoms with Crippen LogP contribution in [-0.4, -0.2) is 31.0 Å². The van der Waals surface area contributed by atoms with Gasteiger partial charge in [0.25, 0.3) is 0 Å². The predicted molar refractivity (Wildman–Crippen MR) is 88.3 cm³/mol. The molecule has 0 spiro atoms. The summed E-state index contributed by atoms with van der Waals surface area (Å²) in [5, 5.41) is 0. The molecule has 0 aliphatic rings. The van der Waals surface area contributed by atoms with Crippen LogP contribution in [0.1, 0.15) is 33.3 Å². The summed E-state index contributed by atoms with van der Waals surface area (Å²) in [5.41, 5.74) is 0.998. The van der Waals surface area contributed by atoms with Gasteiger partial charge in [-0.2, -0.15) is 0 Å². The molecular formula is C18H27NO2. The van der Waals surface area contributed by atoms with Gasteiger partial charge in [0.1, 0.15) is 5.75 Å². The van der Waals surface area contributed by atoms with E-state index >= 15 is 0 Å². The van der Waals surface area contributed by atoms with Crippen molar-refractivity contribution < 1.29 is 9.53 Å². The molecule has 0 saturated carbocycles. The van der Waals surface area contributed by atoms with Crippen molar-refractivity contribution in [3.05, 3.63) is 35.9 Å². The molecule has 0 atom stereocenters. The normalized spacial score (nSPS) is 11.4. The fourth-order valence-electron chi connectivity index (χ4n) is 2.12. The highest BCUT2D eigenvalue weighted by atomic mass is 16.5. The lowest BCUT2D eigenvalue weighted by molar-refractivity contribution is -0.127. The van der Waals surface area contributed by atoms with E-state index in [0.29, 0.717) is 11.8 Å². The van der Waals surface area contributed by atoms with Crippen LogP contribution in [0.3, 0.4) is 0 Å². The number of nitrogens with zero attached hydrogens (tertiary/aromatic N) is 1. The molecule has 0 saturated heterocycles. The van der Waals surface area contributed by atoms with E-state index in [4.69, 9.17) is 4.74 Å². The third-order valence-corrected chi connectivity index (χ3v) is 3.02. The van der Waals surface area contributed by atoms with Crippen molar-refractivity contribution in [3.8, 4) is 5.75 Å². The van der Waals surface area contributed by atoms with Crippen molar-refractivity contribution in [3.63, 3.8) is 0 Å². The van der Waals surface area contributed by atoms with Gasteiger partial charge in [-0.15, -0.1) is 0 Å². The smallest absolute Gasteiger partial charge is 0.246 e. The number of ether oxygens (including phenoxy) is 1. The molecule has 0 bridgehead atoms. The maximum Gasteiger partial charge on any atom is 0.246 e. The van der Waals surface area contributed by atoms with Gasteiger partial charge >= 0.3 is 0 Å². The van der Waals surface area contributed by atoms with Crippen LogP contribution in [0, 0.1) is 11.8 Å². The summed E-state index contributed by atoms with van der Waals surface area (Å²) in [6.45, 7) is 10.1. The van der Waals surface area contributed by atoms with Crippen LogP contribution in [0.5, 0.6) is 5.75 Å². The number of amides is 1. The Kier molecular flexibility index (Phi) is 7.00. The van der Waals surface area contributed by atoms with Crippen molar-refractivity contribution in [2.45, 2.75) is 27.7 Å². The fraction of sp³-hybridized carbons (Fsp3) is 0.500. The van der Waals surface area contributed by atoms with Gasteiger partial charge in [0.15, 0.2) is 0 Å². The molecule has 0 aliphatic carbocycles. The predicted octanol–water partition coefficient (Wildman–Crippen LogP) is 3.85. The first-order valence-electron chi connectivity index (χ1n) is 7.53. The summed E-state index contributed by atoms with van der Waals surface area (Å²) in [7, 11) is 1.64. The van der Waals surface area contributed by atoms with Crippen LogP contribution in [-0.2, 0) is 4.79 Å². The van der Waals surface area contributed by atoms with E-state index < -0.39 is 0 Å². The molecule has 0 radical (unpaired) electrons. The van der Waals surface area contributed by atoms with E-state index in [-0.39, 0.29) is 5.91 Å². The maximum absolute atomic E-state index is 12.3. The Morgan fingerprint density at radius 2 is 1.62 bits per heavy atom. The van der Waals surface area contributed by atoms with Gasteiger partial charge in [0.05, 0.1) is 7.11 Å². The second kappa shape index (κ2) is 8.50. The molecule has 1 aromatic rings. The number of carbonyl (C=O) groups excluding carboxylic acids is 1. The molecule has 0 fully saturated rings. The molecule has 116 valence electrons. The third kappa shape index (κ3) is 6.48. The SMILES string of the molecule is COc1ccc(/C=C/C(=O)N(CC(C)C)CC(C)C)cc1. The highest BCUT2D eigenvalue weighted by molar-refractivity contribution is 5.91. The quantitative estimate of drug-likeness (QED) is 0.714. The average molecular weight is 289 g/mol. The van der Waals surface area contributed by atoms with Gasteiger partial charge in [0, 0.05) is 19.2 Å². The zero-order chi connectivity index (χ0) is 15.8.